The second-order valence-electron chi connectivity index (χ2n) is 7.12. The van der Waals surface area contributed by atoms with Gasteiger partial charge in [0.1, 0.15) is 24.1 Å². The van der Waals surface area contributed by atoms with Crippen LogP contribution in [-0.2, 0) is 25.9 Å². The van der Waals surface area contributed by atoms with Gasteiger partial charge in [-0.15, -0.1) is 0 Å². The fraction of sp³-hybridized carbons (Fsp3) is 0.273. The predicted octanol–water partition coefficient (Wildman–Crippen LogP) is 3.59. The number of sulfone groups is 1. The number of hydrogen-bond donors (Lipinski definition) is 1. The maximum atomic E-state index is 14.0. The Balaban J connectivity index is 2.33. The molecule has 3 aromatic rings. The van der Waals surface area contributed by atoms with E-state index in [4.69, 9.17) is 9.47 Å². The van der Waals surface area contributed by atoms with E-state index in [-0.39, 0.29) is 36.1 Å². The first-order chi connectivity index (χ1) is 16.1. The van der Waals surface area contributed by atoms with E-state index >= 15 is 0 Å². The van der Waals surface area contributed by atoms with Gasteiger partial charge in [-0.05, 0) is 48.9 Å². The normalized spacial score (nSPS) is 12.6. The van der Waals surface area contributed by atoms with Crippen LogP contribution in [0.1, 0.15) is 24.4 Å². The van der Waals surface area contributed by atoms with Gasteiger partial charge in [-0.1, -0.05) is 15.9 Å². The summed E-state index contributed by atoms with van der Waals surface area (Å²) in [6.45, 7) is 1.39. The number of hydrogen-bond acceptors (Lipinski definition) is 7. The summed E-state index contributed by atoms with van der Waals surface area (Å²) in [7, 11) is -3.20. The molecular formula is C22H21BrF2N2O6S. The summed E-state index contributed by atoms with van der Waals surface area (Å²) in [5, 5.41) is 11.1. The summed E-state index contributed by atoms with van der Waals surface area (Å²) < 4.78 is 66.6. The van der Waals surface area contributed by atoms with Crippen LogP contribution in [0.15, 0.2) is 61.5 Å². The highest BCUT2D eigenvalue weighted by Crippen LogP contribution is 2.32. The van der Waals surface area contributed by atoms with Gasteiger partial charge >= 0.3 is 0 Å². The molecule has 1 aromatic heterocycles. The zero-order valence-electron chi connectivity index (χ0n) is 18.2. The monoisotopic (exact) mass is 558 g/mol. The number of ether oxygens (including phenoxy) is 2. The Morgan fingerprint density at radius 3 is 2.32 bits per heavy atom. The van der Waals surface area contributed by atoms with Gasteiger partial charge in [0.2, 0.25) is 15.7 Å². The second-order valence-corrected chi connectivity index (χ2v) is 9.93. The van der Waals surface area contributed by atoms with E-state index in [1.807, 2.05) is 0 Å². The van der Waals surface area contributed by atoms with Crippen LogP contribution in [0.25, 0.3) is 0 Å². The second kappa shape index (κ2) is 10.7. The highest BCUT2D eigenvalue weighted by atomic mass is 79.9. The van der Waals surface area contributed by atoms with E-state index in [1.54, 1.807) is 6.92 Å². The van der Waals surface area contributed by atoms with Crippen LogP contribution in [0, 0.1) is 11.6 Å². The fourth-order valence-electron chi connectivity index (χ4n) is 3.38. The number of rotatable bonds is 9. The van der Waals surface area contributed by atoms with Crippen molar-refractivity contribution in [3.05, 3.63) is 80.3 Å². The fourth-order valence-corrected chi connectivity index (χ4v) is 4.99. The molecule has 182 valence electrons. The number of aromatic nitrogens is 2. The van der Waals surface area contributed by atoms with E-state index in [0.29, 0.717) is 10.5 Å². The minimum absolute atomic E-state index is 0.0184. The first kappa shape index (κ1) is 25.9. The minimum Gasteiger partial charge on any atom is -0.493 e. The van der Waals surface area contributed by atoms with Crippen molar-refractivity contribution >= 4 is 25.8 Å². The standard InChI is InChI=1S/C22H21BrF2N2O6S/c1-3-33-12-19-26-21(28)20(34(30,31)17-6-4-14(23)5-7-17)22(29)27(19)18(11-32-2)13-8-15(24)10-16(25)9-13/h4-10,18,29H,3,11-12H2,1-2H3/t18-/m0/s1. The molecule has 1 heterocycles. The third kappa shape index (κ3) is 5.35. The van der Waals surface area contributed by atoms with Crippen LogP contribution in [0.4, 0.5) is 8.78 Å². The van der Waals surface area contributed by atoms with Crippen LogP contribution >= 0.6 is 15.9 Å². The molecule has 0 unspecified atom stereocenters. The molecule has 34 heavy (non-hydrogen) atoms. The summed E-state index contributed by atoms with van der Waals surface area (Å²) >= 11 is 3.20. The number of aromatic hydroxyl groups is 1. The third-order valence-electron chi connectivity index (χ3n) is 4.87. The molecule has 0 aliphatic rings. The summed E-state index contributed by atoms with van der Waals surface area (Å²) in [6.07, 6.45) is 0. The summed E-state index contributed by atoms with van der Waals surface area (Å²) in [5.41, 5.74) is -1.18. The molecule has 0 saturated carbocycles. The maximum absolute atomic E-state index is 14.0. The van der Waals surface area contributed by atoms with Crippen molar-refractivity contribution in [3.8, 4) is 5.88 Å². The largest absolute Gasteiger partial charge is 0.493 e. The molecule has 2 aromatic carbocycles. The first-order valence-corrected chi connectivity index (χ1v) is 12.3. The molecule has 3 rings (SSSR count). The average molecular weight is 559 g/mol. The highest BCUT2D eigenvalue weighted by molar-refractivity contribution is 9.10. The van der Waals surface area contributed by atoms with Gasteiger partial charge in [-0.25, -0.2) is 17.2 Å². The van der Waals surface area contributed by atoms with Gasteiger partial charge in [0, 0.05) is 24.3 Å². The molecule has 1 N–H and O–H groups in total. The SMILES string of the molecule is CCOCc1nc(=O)c(S(=O)(=O)c2ccc(Br)cc2)c(O)n1[C@@H](COC)c1cc(F)cc(F)c1. The van der Waals surface area contributed by atoms with Crippen LogP contribution in [0.2, 0.25) is 0 Å². The number of methoxy groups -OCH3 is 1. The Bertz CT molecular complexity index is 1330. The summed E-state index contributed by atoms with van der Waals surface area (Å²) in [4.78, 5) is 15.4. The first-order valence-electron chi connectivity index (χ1n) is 9.97. The lowest BCUT2D eigenvalue weighted by molar-refractivity contribution is 0.114. The molecule has 0 aliphatic heterocycles. The molecule has 1 atom stereocenters. The quantitative estimate of drug-likeness (QED) is 0.427. The van der Waals surface area contributed by atoms with Gasteiger partial charge in [0.15, 0.2) is 4.90 Å². The van der Waals surface area contributed by atoms with Crippen molar-refractivity contribution in [2.24, 2.45) is 0 Å². The van der Waals surface area contributed by atoms with Crippen molar-refractivity contribution in [2.45, 2.75) is 29.4 Å². The molecule has 8 nitrogen and oxygen atoms in total. The molecule has 12 heteroatoms. The topological polar surface area (TPSA) is 108 Å². The lowest BCUT2D eigenvalue weighted by Crippen LogP contribution is -2.29. The van der Waals surface area contributed by atoms with E-state index in [2.05, 4.69) is 20.9 Å². The smallest absolute Gasteiger partial charge is 0.296 e. The van der Waals surface area contributed by atoms with E-state index < -0.39 is 43.8 Å². The average Bonchev–Trinajstić information content (AvgIpc) is 2.76. The minimum atomic E-state index is -4.52. The van der Waals surface area contributed by atoms with Crippen LogP contribution in [0.5, 0.6) is 5.88 Å². The molecule has 0 bridgehead atoms. The Morgan fingerprint density at radius 2 is 1.76 bits per heavy atom. The number of benzene rings is 2. The van der Waals surface area contributed by atoms with Gasteiger partial charge in [-0.2, -0.15) is 4.98 Å². The van der Waals surface area contributed by atoms with Gasteiger partial charge < -0.3 is 14.6 Å². The van der Waals surface area contributed by atoms with Crippen molar-refractivity contribution in [2.75, 3.05) is 20.3 Å². The predicted molar refractivity (Wildman–Crippen MR) is 121 cm³/mol. The third-order valence-corrected chi connectivity index (χ3v) is 7.18. The molecule has 0 amide bonds. The van der Waals surface area contributed by atoms with Crippen LogP contribution in [0.3, 0.4) is 0 Å². The van der Waals surface area contributed by atoms with E-state index in [9.17, 15) is 27.1 Å². The zero-order valence-corrected chi connectivity index (χ0v) is 20.6. The van der Waals surface area contributed by atoms with Crippen LogP contribution in [-0.4, -0.2) is 43.4 Å². The van der Waals surface area contributed by atoms with Gasteiger partial charge in [-0.3, -0.25) is 9.36 Å². The Kier molecular flexibility index (Phi) is 8.18. The van der Waals surface area contributed by atoms with Gasteiger partial charge in [0.25, 0.3) is 5.56 Å². The van der Waals surface area contributed by atoms with E-state index in [1.165, 1.54) is 31.4 Å². The van der Waals surface area contributed by atoms with Crippen molar-refractivity contribution in [1.82, 2.24) is 9.55 Å². The lowest BCUT2D eigenvalue weighted by Gasteiger charge is -2.25. The molecule has 0 spiro atoms. The Morgan fingerprint density at radius 1 is 1.15 bits per heavy atom. The molecule has 0 aliphatic carbocycles. The summed E-state index contributed by atoms with van der Waals surface area (Å²) in [5.74, 6) is -2.88. The number of halogens is 3. The molecule has 0 saturated heterocycles. The maximum Gasteiger partial charge on any atom is 0.296 e. The molecule has 0 radical (unpaired) electrons. The number of nitrogens with zero attached hydrogens (tertiary/aromatic N) is 2. The van der Waals surface area contributed by atoms with Gasteiger partial charge in [0.05, 0.1) is 17.5 Å². The molecule has 0 fully saturated rings. The van der Waals surface area contributed by atoms with Crippen LogP contribution < -0.4 is 5.56 Å². The lowest BCUT2D eigenvalue weighted by atomic mass is 10.1. The Labute approximate surface area is 202 Å². The van der Waals surface area contributed by atoms with Crippen molar-refractivity contribution in [3.63, 3.8) is 0 Å². The van der Waals surface area contributed by atoms with Crippen molar-refractivity contribution < 1.29 is 31.8 Å². The highest BCUT2D eigenvalue weighted by Gasteiger charge is 2.32. The van der Waals surface area contributed by atoms with E-state index in [0.717, 1.165) is 16.7 Å². The Hall–Kier alpha value is -2.67. The van der Waals surface area contributed by atoms with Crippen molar-refractivity contribution in [1.29, 1.82) is 0 Å². The molecular weight excluding hydrogens is 538 g/mol. The summed E-state index contributed by atoms with van der Waals surface area (Å²) in [6, 6.07) is 6.98. The zero-order chi connectivity index (χ0) is 25.0.